The number of rotatable bonds is 5. The van der Waals surface area contributed by atoms with Gasteiger partial charge in [0, 0.05) is 29.0 Å². The average Bonchev–Trinajstić information content (AvgIpc) is 2.61. The van der Waals surface area contributed by atoms with Crippen molar-refractivity contribution in [1.29, 1.82) is 0 Å². The quantitative estimate of drug-likeness (QED) is 0.712. The third-order valence-corrected chi connectivity index (χ3v) is 4.01. The summed E-state index contributed by atoms with van der Waals surface area (Å²) in [6.45, 7) is 1.02. The molecule has 7 heteroatoms. The van der Waals surface area contributed by atoms with Gasteiger partial charge in [-0.25, -0.2) is 13.2 Å². The summed E-state index contributed by atoms with van der Waals surface area (Å²) in [5, 5.41) is 9.28. The van der Waals surface area contributed by atoms with Crippen LogP contribution in [0.1, 0.15) is 16.8 Å². The summed E-state index contributed by atoms with van der Waals surface area (Å²) in [5.74, 6) is -2.12. The Balaban J connectivity index is 2.04. The number of pyridine rings is 1. The van der Waals surface area contributed by atoms with Crippen molar-refractivity contribution in [1.82, 2.24) is 4.98 Å². The Bertz CT molecular complexity index is 1050. The van der Waals surface area contributed by atoms with Gasteiger partial charge in [-0.3, -0.25) is 4.79 Å². The Kier molecular flexibility index (Phi) is 5.32. The Morgan fingerprint density at radius 3 is 2.52 bits per heavy atom. The van der Waals surface area contributed by atoms with Gasteiger partial charge in [0.25, 0.3) is 5.56 Å². The molecule has 0 saturated heterocycles. The summed E-state index contributed by atoms with van der Waals surface area (Å²) in [7, 11) is 0. The second-order valence-corrected chi connectivity index (χ2v) is 6.02. The van der Waals surface area contributed by atoms with Crippen molar-refractivity contribution in [2.75, 3.05) is 0 Å². The first-order valence-electron chi connectivity index (χ1n) is 8.09. The molecule has 1 aromatic heterocycles. The third-order valence-electron chi connectivity index (χ3n) is 4.01. The standard InChI is InChI=1S/C20H16F3NO3/c1-11-6-18(27-10-13-3-4-14(21)8-17(13)23)19(20(26)24-11)15-7-12(9-25)2-5-16(15)22/h2-8,25H,9-10H2,1H3,(H,24,26). The van der Waals surface area contributed by atoms with E-state index in [2.05, 4.69) is 4.98 Å². The largest absolute Gasteiger partial charge is 0.488 e. The Labute approximate surface area is 152 Å². The van der Waals surface area contributed by atoms with Gasteiger partial charge in [-0.1, -0.05) is 6.07 Å². The average molecular weight is 375 g/mol. The highest BCUT2D eigenvalue weighted by Crippen LogP contribution is 2.30. The van der Waals surface area contributed by atoms with Crippen LogP contribution in [0.2, 0.25) is 0 Å². The Morgan fingerprint density at radius 2 is 1.81 bits per heavy atom. The molecule has 4 nitrogen and oxygen atoms in total. The van der Waals surface area contributed by atoms with Crippen molar-refractivity contribution in [3.05, 3.63) is 87.1 Å². The van der Waals surface area contributed by atoms with Crippen molar-refractivity contribution < 1.29 is 23.0 Å². The normalized spacial score (nSPS) is 10.9. The van der Waals surface area contributed by atoms with Gasteiger partial charge < -0.3 is 14.8 Å². The molecule has 0 aliphatic rings. The van der Waals surface area contributed by atoms with Crippen LogP contribution in [-0.2, 0) is 13.2 Å². The first kappa shape index (κ1) is 18.7. The molecule has 1 heterocycles. The fourth-order valence-corrected chi connectivity index (χ4v) is 2.68. The lowest BCUT2D eigenvalue weighted by molar-refractivity contribution is 0.281. The second kappa shape index (κ2) is 7.67. The molecule has 3 rings (SSSR count). The monoisotopic (exact) mass is 375 g/mol. The molecule has 0 atom stereocenters. The maximum atomic E-state index is 14.3. The maximum Gasteiger partial charge on any atom is 0.259 e. The number of hydrogen-bond acceptors (Lipinski definition) is 3. The lowest BCUT2D eigenvalue weighted by Gasteiger charge is -2.14. The molecule has 0 fully saturated rings. The van der Waals surface area contributed by atoms with Gasteiger partial charge in [0.1, 0.15) is 29.8 Å². The molecule has 0 amide bonds. The van der Waals surface area contributed by atoms with Crippen molar-refractivity contribution in [2.45, 2.75) is 20.1 Å². The fourth-order valence-electron chi connectivity index (χ4n) is 2.68. The van der Waals surface area contributed by atoms with E-state index < -0.39 is 23.0 Å². The topological polar surface area (TPSA) is 62.3 Å². The number of aromatic amines is 1. The molecule has 27 heavy (non-hydrogen) atoms. The van der Waals surface area contributed by atoms with E-state index >= 15 is 0 Å². The van der Waals surface area contributed by atoms with Gasteiger partial charge in [0.05, 0.1) is 12.2 Å². The number of aryl methyl sites for hydroxylation is 1. The second-order valence-electron chi connectivity index (χ2n) is 6.02. The number of nitrogens with one attached hydrogen (secondary N) is 1. The molecule has 0 aliphatic carbocycles. The maximum absolute atomic E-state index is 14.3. The number of aromatic nitrogens is 1. The van der Waals surface area contributed by atoms with E-state index in [4.69, 9.17) is 4.74 Å². The summed E-state index contributed by atoms with van der Waals surface area (Å²) in [4.78, 5) is 15.0. The fraction of sp³-hybridized carbons (Fsp3) is 0.150. The summed E-state index contributed by atoms with van der Waals surface area (Å²) < 4.78 is 46.8. The number of H-pyrrole nitrogens is 1. The molecule has 0 unspecified atom stereocenters. The first-order valence-corrected chi connectivity index (χ1v) is 8.09. The van der Waals surface area contributed by atoms with Crippen LogP contribution in [0.15, 0.2) is 47.3 Å². The van der Waals surface area contributed by atoms with Crippen molar-refractivity contribution in [3.8, 4) is 16.9 Å². The van der Waals surface area contributed by atoms with Crippen LogP contribution >= 0.6 is 0 Å². The van der Waals surface area contributed by atoms with Gasteiger partial charge in [-0.05, 0) is 36.8 Å². The summed E-state index contributed by atoms with van der Waals surface area (Å²) in [6, 6.07) is 8.43. The van der Waals surface area contributed by atoms with E-state index in [0.717, 1.165) is 18.2 Å². The summed E-state index contributed by atoms with van der Waals surface area (Å²) in [6.07, 6.45) is 0. The van der Waals surface area contributed by atoms with E-state index in [1.807, 2.05) is 0 Å². The first-order chi connectivity index (χ1) is 12.9. The molecule has 0 bridgehead atoms. The molecule has 0 spiro atoms. The molecule has 2 N–H and O–H groups in total. The number of halogens is 3. The van der Waals surface area contributed by atoms with Gasteiger partial charge in [0.2, 0.25) is 0 Å². The number of aliphatic hydroxyl groups is 1. The SMILES string of the molecule is Cc1cc(OCc2ccc(F)cc2F)c(-c2cc(CO)ccc2F)c(=O)[nH]1. The van der Waals surface area contributed by atoms with Crippen LogP contribution in [0, 0.1) is 24.4 Å². The molecular weight excluding hydrogens is 359 g/mol. The zero-order valence-electron chi connectivity index (χ0n) is 14.4. The third kappa shape index (κ3) is 4.03. The minimum atomic E-state index is -0.786. The predicted octanol–water partition coefficient (Wildman–Crippen LogP) is 3.84. The molecule has 2 aromatic carbocycles. The van der Waals surface area contributed by atoms with E-state index in [1.54, 1.807) is 6.92 Å². The van der Waals surface area contributed by atoms with Crippen LogP contribution < -0.4 is 10.3 Å². The van der Waals surface area contributed by atoms with Crippen molar-refractivity contribution >= 4 is 0 Å². The predicted molar refractivity (Wildman–Crippen MR) is 93.8 cm³/mol. The van der Waals surface area contributed by atoms with E-state index in [0.29, 0.717) is 11.3 Å². The van der Waals surface area contributed by atoms with Gasteiger partial charge >= 0.3 is 0 Å². The van der Waals surface area contributed by atoms with Gasteiger partial charge in [-0.2, -0.15) is 0 Å². The highest BCUT2D eigenvalue weighted by atomic mass is 19.1. The Morgan fingerprint density at radius 1 is 1.04 bits per heavy atom. The minimum Gasteiger partial charge on any atom is -0.488 e. The van der Waals surface area contributed by atoms with Crippen LogP contribution in [0.25, 0.3) is 11.1 Å². The molecule has 3 aromatic rings. The van der Waals surface area contributed by atoms with Crippen LogP contribution in [0.3, 0.4) is 0 Å². The number of ether oxygens (including phenoxy) is 1. The van der Waals surface area contributed by atoms with E-state index in [9.17, 15) is 23.1 Å². The highest BCUT2D eigenvalue weighted by molar-refractivity contribution is 5.70. The van der Waals surface area contributed by atoms with Crippen molar-refractivity contribution in [3.63, 3.8) is 0 Å². The van der Waals surface area contributed by atoms with Gasteiger partial charge in [0.15, 0.2) is 0 Å². The van der Waals surface area contributed by atoms with Crippen LogP contribution in [-0.4, -0.2) is 10.1 Å². The zero-order chi connectivity index (χ0) is 19.6. The van der Waals surface area contributed by atoms with Gasteiger partial charge in [-0.15, -0.1) is 0 Å². The molecule has 0 saturated carbocycles. The highest BCUT2D eigenvalue weighted by Gasteiger charge is 2.17. The molecule has 0 aliphatic heterocycles. The lowest BCUT2D eigenvalue weighted by atomic mass is 10.0. The number of aliphatic hydroxyl groups excluding tert-OH is 1. The van der Waals surface area contributed by atoms with Crippen LogP contribution in [0.4, 0.5) is 13.2 Å². The smallest absolute Gasteiger partial charge is 0.259 e. The Hall–Kier alpha value is -3.06. The molecular formula is C20H16F3NO3. The summed E-state index contributed by atoms with van der Waals surface area (Å²) in [5.41, 5.74) is 0.274. The van der Waals surface area contributed by atoms with Crippen LogP contribution in [0.5, 0.6) is 5.75 Å². The van der Waals surface area contributed by atoms with E-state index in [1.165, 1.54) is 24.3 Å². The lowest BCUT2D eigenvalue weighted by Crippen LogP contribution is -2.14. The van der Waals surface area contributed by atoms with E-state index in [-0.39, 0.29) is 35.7 Å². The molecule has 140 valence electrons. The minimum absolute atomic E-state index is 0.0441. The number of benzene rings is 2. The van der Waals surface area contributed by atoms with Crippen molar-refractivity contribution in [2.24, 2.45) is 0 Å². The molecule has 0 radical (unpaired) electrons. The number of hydrogen-bond donors (Lipinski definition) is 2. The summed E-state index contributed by atoms with van der Waals surface area (Å²) >= 11 is 0. The zero-order valence-corrected chi connectivity index (χ0v) is 14.4.